The van der Waals surface area contributed by atoms with Crippen LogP contribution in [0.5, 0.6) is 11.5 Å². The number of carbonyl (C=O) groups excluding carboxylic acids is 2. The van der Waals surface area contributed by atoms with Crippen molar-refractivity contribution >= 4 is 72.9 Å². The first-order valence-electron chi connectivity index (χ1n) is 12.6. The molecule has 0 aliphatic carbocycles. The smallest absolute Gasteiger partial charge is 0.241 e. The number of anilines is 4. The Morgan fingerprint density at radius 2 is 1.55 bits per heavy atom. The molecular formula is C26H34N8O4S2. The van der Waals surface area contributed by atoms with Gasteiger partial charge in [-0.05, 0) is 42.5 Å². The summed E-state index contributed by atoms with van der Waals surface area (Å²) in [7, 11) is 6.84. The Kier molecular flexibility index (Phi) is 9.00. The van der Waals surface area contributed by atoms with E-state index in [1.807, 2.05) is 49.3 Å². The summed E-state index contributed by atoms with van der Waals surface area (Å²) < 4.78 is 11.5. The van der Waals surface area contributed by atoms with Crippen LogP contribution in [0.3, 0.4) is 0 Å². The van der Waals surface area contributed by atoms with Crippen molar-refractivity contribution in [2.24, 2.45) is 5.73 Å². The van der Waals surface area contributed by atoms with Gasteiger partial charge in [-0.25, -0.2) is 4.98 Å². The third-order valence-corrected chi connectivity index (χ3v) is 7.79. The molecule has 5 N–H and O–H groups in total. The quantitative estimate of drug-likeness (QED) is 0.377. The second-order valence-electron chi connectivity index (χ2n) is 9.36. The number of likely N-dealkylation sites (N-methyl/N-ethyl adjacent to an activating group) is 2. The lowest BCUT2D eigenvalue weighted by Crippen LogP contribution is -2.48. The van der Waals surface area contributed by atoms with Gasteiger partial charge in [-0.3, -0.25) is 9.59 Å². The summed E-state index contributed by atoms with van der Waals surface area (Å²) in [5, 5.41) is 3.57. The minimum Gasteiger partial charge on any atom is -0.495 e. The SMILES string of the molecule is COc1ccc(N2CCN(C)C(=O)C2)c2sc(N)nc12.COc1ccc(N2CCN(C)C(=O)C2)cc1NC(N)=S. The molecule has 0 spiro atoms. The van der Waals surface area contributed by atoms with E-state index in [0.29, 0.717) is 42.0 Å². The minimum absolute atomic E-state index is 0.107. The maximum absolute atomic E-state index is 11.9. The van der Waals surface area contributed by atoms with E-state index in [1.54, 1.807) is 24.0 Å². The fourth-order valence-corrected chi connectivity index (χ4v) is 5.47. The summed E-state index contributed by atoms with van der Waals surface area (Å²) in [6, 6.07) is 9.48. The average molecular weight is 587 g/mol. The van der Waals surface area contributed by atoms with Crippen molar-refractivity contribution in [1.29, 1.82) is 0 Å². The molecule has 2 aliphatic heterocycles. The van der Waals surface area contributed by atoms with Crippen molar-refractivity contribution in [1.82, 2.24) is 14.8 Å². The molecule has 0 unspecified atom stereocenters. The lowest BCUT2D eigenvalue weighted by molar-refractivity contribution is -0.130. The standard InChI is InChI=1S/C13H16N4O2S.C13H18N4O2S/c1-16-5-6-17(7-10(16)18)8-3-4-9(19-2)11-12(8)20-13(14)15-11;1-16-5-6-17(8-12(16)18)9-3-4-11(19-2)10(7-9)15-13(14)20/h3-4H,5-7H2,1-2H3,(H2,14,15);3-4,7H,5-6,8H2,1-2H3,(H3,14,15,20). The molecule has 5 rings (SSSR count). The Labute approximate surface area is 242 Å². The molecule has 12 nitrogen and oxygen atoms in total. The third-order valence-electron chi connectivity index (χ3n) is 6.78. The molecule has 2 aliphatic rings. The van der Waals surface area contributed by atoms with E-state index in [4.69, 9.17) is 33.2 Å². The van der Waals surface area contributed by atoms with Gasteiger partial charge >= 0.3 is 0 Å². The van der Waals surface area contributed by atoms with Crippen molar-refractivity contribution in [2.45, 2.75) is 0 Å². The highest BCUT2D eigenvalue weighted by Crippen LogP contribution is 2.38. The van der Waals surface area contributed by atoms with E-state index in [9.17, 15) is 9.59 Å². The number of benzene rings is 2. The van der Waals surface area contributed by atoms with Crippen LogP contribution in [-0.4, -0.2) is 99.3 Å². The monoisotopic (exact) mass is 586 g/mol. The summed E-state index contributed by atoms with van der Waals surface area (Å²) >= 11 is 6.28. The number of thiazole rings is 1. The Morgan fingerprint density at radius 1 is 0.950 bits per heavy atom. The number of ether oxygens (including phenoxy) is 2. The minimum atomic E-state index is 0.107. The van der Waals surface area contributed by atoms with E-state index in [1.165, 1.54) is 11.3 Å². The van der Waals surface area contributed by atoms with Crippen LogP contribution in [0.1, 0.15) is 0 Å². The number of piperazine rings is 2. The van der Waals surface area contributed by atoms with Crippen LogP contribution in [0.4, 0.5) is 22.2 Å². The van der Waals surface area contributed by atoms with Crippen LogP contribution in [-0.2, 0) is 9.59 Å². The number of aromatic nitrogens is 1. The van der Waals surface area contributed by atoms with Crippen LogP contribution in [0, 0.1) is 0 Å². The molecule has 3 heterocycles. The number of nitrogens with two attached hydrogens (primary N) is 2. The van der Waals surface area contributed by atoms with E-state index >= 15 is 0 Å². The molecular weight excluding hydrogens is 552 g/mol. The van der Waals surface area contributed by atoms with E-state index in [2.05, 4.69) is 15.2 Å². The maximum Gasteiger partial charge on any atom is 0.241 e. The zero-order valence-electron chi connectivity index (χ0n) is 23.0. The average Bonchev–Trinajstić information content (AvgIpc) is 3.32. The molecule has 0 bridgehead atoms. The molecule has 2 saturated heterocycles. The normalized spacial score (nSPS) is 15.6. The number of nitrogen functional groups attached to an aromatic ring is 1. The van der Waals surface area contributed by atoms with Gasteiger partial charge in [-0.1, -0.05) is 11.3 Å². The lowest BCUT2D eigenvalue weighted by Gasteiger charge is -2.33. The number of thiocarbonyl (C=S) groups is 1. The summed E-state index contributed by atoms with van der Waals surface area (Å²) in [4.78, 5) is 35.5. The number of rotatable bonds is 5. The van der Waals surface area contributed by atoms with Crippen LogP contribution in [0.15, 0.2) is 30.3 Å². The van der Waals surface area contributed by atoms with Gasteiger partial charge in [-0.2, -0.15) is 0 Å². The lowest BCUT2D eigenvalue weighted by atomic mass is 10.2. The molecule has 0 saturated carbocycles. The fraction of sp³-hybridized carbons (Fsp3) is 0.385. The molecule has 2 amide bonds. The number of nitrogens with one attached hydrogen (secondary N) is 1. The fourth-order valence-electron chi connectivity index (χ4n) is 4.47. The first-order chi connectivity index (χ1) is 19.1. The summed E-state index contributed by atoms with van der Waals surface area (Å²) in [5.74, 6) is 1.59. The Hall–Kier alpha value is -4.04. The largest absolute Gasteiger partial charge is 0.495 e. The van der Waals surface area contributed by atoms with Crippen LogP contribution in [0.25, 0.3) is 10.2 Å². The number of hydrogen-bond acceptors (Lipinski definition) is 10. The van der Waals surface area contributed by atoms with Gasteiger partial charge in [0.15, 0.2) is 10.2 Å². The number of amides is 2. The second-order valence-corrected chi connectivity index (χ2v) is 10.8. The van der Waals surface area contributed by atoms with Crippen LogP contribution < -0.4 is 36.1 Å². The number of nitrogens with zero attached hydrogens (tertiary/aromatic N) is 5. The van der Waals surface area contributed by atoms with Gasteiger partial charge in [0, 0.05) is 46.0 Å². The van der Waals surface area contributed by atoms with E-state index in [-0.39, 0.29) is 16.9 Å². The van der Waals surface area contributed by atoms with E-state index < -0.39 is 0 Å². The predicted octanol–water partition coefficient (Wildman–Crippen LogP) is 1.79. The second kappa shape index (κ2) is 12.4. The molecule has 2 fully saturated rings. The molecule has 14 heteroatoms. The van der Waals surface area contributed by atoms with Crippen molar-refractivity contribution < 1.29 is 19.1 Å². The van der Waals surface area contributed by atoms with Crippen molar-refractivity contribution in [2.75, 3.05) is 88.4 Å². The highest BCUT2D eigenvalue weighted by molar-refractivity contribution is 7.80. The Bertz CT molecular complexity index is 1410. The number of fused-ring (bicyclic) bond motifs is 1. The molecule has 3 aromatic rings. The molecule has 0 radical (unpaired) electrons. The van der Waals surface area contributed by atoms with Crippen LogP contribution >= 0.6 is 23.6 Å². The summed E-state index contributed by atoms with van der Waals surface area (Å²) in [6.07, 6.45) is 0. The zero-order chi connectivity index (χ0) is 29.0. The summed E-state index contributed by atoms with van der Waals surface area (Å²) in [5.41, 5.74) is 14.7. The van der Waals surface area contributed by atoms with Gasteiger partial charge in [-0.15, -0.1) is 0 Å². The number of carbonyl (C=O) groups is 2. The first kappa shape index (κ1) is 29.0. The van der Waals surface area contributed by atoms with Crippen molar-refractivity contribution in [3.8, 4) is 11.5 Å². The van der Waals surface area contributed by atoms with Crippen molar-refractivity contribution in [3.63, 3.8) is 0 Å². The molecule has 2 aromatic carbocycles. The van der Waals surface area contributed by atoms with Gasteiger partial charge in [0.1, 0.15) is 17.0 Å². The van der Waals surface area contributed by atoms with Gasteiger partial charge in [0.05, 0.1) is 43.4 Å². The topological polar surface area (TPSA) is 143 Å². The molecule has 214 valence electrons. The van der Waals surface area contributed by atoms with Gasteiger partial charge in [0.25, 0.3) is 0 Å². The van der Waals surface area contributed by atoms with Crippen LogP contribution in [0.2, 0.25) is 0 Å². The Balaban J connectivity index is 0.000000185. The number of hydrogen-bond donors (Lipinski definition) is 3. The van der Waals surface area contributed by atoms with E-state index in [0.717, 1.165) is 41.2 Å². The molecule has 0 atom stereocenters. The summed E-state index contributed by atoms with van der Waals surface area (Å²) in [6.45, 7) is 3.79. The zero-order valence-corrected chi connectivity index (χ0v) is 24.6. The van der Waals surface area contributed by atoms with Gasteiger partial charge < -0.3 is 45.9 Å². The van der Waals surface area contributed by atoms with Crippen molar-refractivity contribution in [3.05, 3.63) is 30.3 Å². The third kappa shape index (κ3) is 6.39. The molecule has 40 heavy (non-hydrogen) atoms. The molecule has 1 aromatic heterocycles. The highest BCUT2D eigenvalue weighted by atomic mass is 32.1. The Morgan fingerprint density at radius 3 is 2.15 bits per heavy atom. The van der Waals surface area contributed by atoms with Gasteiger partial charge in [0.2, 0.25) is 11.8 Å². The predicted molar refractivity (Wildman–Crippen MR) is 164 cm³/mol. The first-order valence-corrected chi connectivity index (χ1v) is 13.8. The maximum atomic E-state index is 11.9. The number of methoxy groups -OCH3 is 2. The highest BCUT2D eigenvalue weighted by Gasteiger charge is 2.24.